The number of benzene rings is 1. The molecule has 3 heteroatoms. The van der Waals surface area contributed by atoms with Gasteiger partial charge in [-0.15, -0.1) is 11.8 Å². The van der Waals surface area contributed by atoms with Gasteiger partial charge >= 0.3 is 0 Å². The van der Waals surface area contributed by atoms with Crippen LogP contribution in [0.4, 0.5) is 5.69 Å². The predicted octanol–water partition coefficient (Wildman–Crippen LogP) is 3.93. The number of nitrogens with zero attached hydrogens (tertiary/aromatic N) is 2. The molecule has 1 aromatic carbocycles. The van der Waals surface area contributed by atoms with E-state index in [-0.39, 0.29) is 5.41 Å². The van der Waals surface area contributed by atoms with E-state index >= 15 is 0 Å². The molecule has 1 aliphatic carbocycles. The summed E-state index contributed by atoms with van der Waals surface area (Å²) in [5, 5.41) is 9.73. The van der Waals surface area contributed by atoms with Crippen LogP contribution in [0.25, 0.3) is 0 Å². The van der Waals surface area contributed by atoms with Crippen molar-refractivity contribution in [3.63, 3.8) is 0 Å². The van der Waals surface area contributed by atoms with Crippen LogP contribution in [0.1, 0.15) is 26.7 Å². The number of hydrogen-bond donors (Lipinski definition) is 0. The fourth-order valence-corrected chi connectivity index (χ4v) is 2.89. The lowest BCUT2D eigenvalue weighted by molar-refractivity contribution is 0.653. The molecule has 0 heterocycles. The SMILES string of the molecule is CC(C)Sc1ccc(N(C)CC2(C#N)CC2)cc1. The lowest BCUT2D eigenvalue weighted by Gasteiger charge is -2.22. The van der Waals surface area contributed by atoms with Crippen LogP contribution in [-0.2, 0) is 0 Å². The Balaban J connectivity index is 1.99. The molecule has 0 amide bonds. The lowest BCUT2D eigenvalue weighted by atomic mass is 10.1. The molecular formula is C15H20N2S. The fourth-order valence-electron chi connectivity index (χ4n) is 2.05. The van der Waals surface area contributed by atoms with Gasteiger partial charge in [-0.1, -0.05) is 13.8 Å². The first kappa shape index (κ1) is 13.3. The molecule has 0 atom stereocenters. The van der Waals surface area contributed by atoms with Crippen molar-refractivity contribution in [3.8, 4) is 6.07 Å². The first-order valence-corrected chi connectivity index (χ1v) is 7.32. The Kier molecular flexibility index (Phi) is 3.87. The van der Waals surface area contributed by atoms with Gasteiger partial charge in [0, 0.05) is 29.4 Å². The van der Waals surface area contributed by atoms with E-state index in [1.54, 1.807) is 0 Å². The molecule has 0 aliphatic heterocycles. The van der Waals surface area contributed by atoms with Crippen LogP contribution in [0.3, 0.4) is 0 Å². The lowest BCUT2D eigenvalue weighted by Crippen LogP contribution is -2.25. The Morgan fingerprint density at radius 3 is 2.39 bits per heavy atom. The van der Waals surface area contributed by atoms with Gasteiger partial charge in [0.05, 0.1) is 11.5 Å². The smallest absolute Gasteiger partial charge is 0.0749 e. The molecular weight excluding hydrogens is 240 g/mol. The molecule has 0 N–H and O–H groups in total. The molecule has 2 nitrogen and oxygen atoms in total. The van der Waals surface area contributed by atoms with Gasteiger partial charge in [-0.2, -0.15) is 5.26 Å². The average molecular weight is 260 g/mol. The summed E-state index contributed by atoms with van der Waals surface area (Å²) in [4.78, 5) is 3.50. The maximum absolute atomic E-state index is 9.12. The Morgan fingerprint density at radius 2 is 1.94 bits per heavy atom. The number of hydrogen-bond acceptors (Lipinski definition) is 3. The Labute approximate surface area is 114 Å². The number of nitriles is 1. The van der Waals surface area contributed by atoms with Gasteiger partial charge in [0.25, 0.3) is 0 Å². The van der Waals surface area contributed by atoms with Gasteiger partial charge in [-0.25, -0.2) is 0 Å². The highest BCUT2D eigenvalue weighted by Crippen LogP contribution is 2.45. The van der Waals surface area contributed by atoms with Crippen molar-refractivity contribution in [2.45, 2.75) is 36.8 Å². The van der Waals surface area contributed by atoms with Crippen molar-refractivity contribution in [1.82, 2.24) is 0 Å². The molecule has 0 bridgehead atoms. The van der Waals surface area contributed by atoms with E-state index in [1.807, 2.05) is 11.8 Å². The standard InChI is InChI=1S/C15H20N2S/c1-12(2)18-14-6-4-13(5-7-14)17(3)11-15(10-16)8-9-15/h4-7,12H,8-9,11H2,1-3H3. The van der Waals surface area contributed by atoms with Crippen molar-refractivity contribution >= 4 is 17.4 Å². The quantitative estimate of drug-likeness (QED) is 0.751. The van der Waals surface area contributed by atoms with Gasteiger partial charge in [0.2, 0.25) is 0 Å². The Hall–Kier alpha value is -1.14. The van der Waals surface area contributed by atoms with Crippen molar-refractivity contribution < 1.29 is 0 Å². The summed E-state index contributed by atoms with van der Waals surface area (Å²) in [5.74, 6) is 0. The van der Waals surface area contributed by atoms with Crippen LogP contribution < -0.4 is 4.90 Å². The third kappa shape index (κ3) is 3.20. The predicted molar refractivity (Wildman–Crippen MR) is 78.0 cm³/mol. The molecule has 96 valence electrons. The van der Waals surface area contributed by atoms with Crippen LogP contribution >= 0.6 is 11.8 Å². The second kappa shape index (κ2) is 5.24. The molecule has 0 saturated heterocycles. The highest BCUT2D eigenvalue weighted by atomic mass is 32.2. The minimum atomic E-state index is -0.0693. The fraction of sp³-hybridized carbons (Fsp3) is 0.533. The second-order valence-corrected chi connectivity index (χ2v) is 7.06. The van der Waals surface area contributed by atoms with Crippen molar-refractivity contribution in [2.24, 2.45) is 5.41 Å². The minimum absolute atomic E-state index is 0.0693. The minimum Gasteiger partial charge on any atom is -0.373 e. The van der Waals surface area contributed by atoms with E-state index in [2.05, 4.69) is 56.1 Å². The van der Waals surface area contributed by atoms with E-state index in [9.17, 15) is 0 Å². The van der Waals surface area contributed by atoms with Gasteiger partial charge in [0.1, 0.15) is 0 Å². The molecule has 0 radical (unpaired) electrons. The number of thioether (sulfide) groups is 1. The first-order valence-electron chi connectivity index (χ1n) is 6.44. The van der Waals surface area contributed by atoms with Gasteiger partial charge in [0.15, 0.2) is 0 Å². The van der Waals surface area contributed by atoms with Crippen LogP contribution in [0.5, 0.6) is 0 Å². The monoisotopic (exact) mass is 260 g/mol. The van der Waals surface area contributed by atoms with Crippen molar-refractivity contribution in [2.75, 3.05) is 18.5 Å². The summed E-state index contributed by atoms with van der Waals surface area (Å²) in [6.07, 6.45) is 2.10. The van der Waals surface area contributed by atoms with Gasteiger partial charge < -0.3 is 4.90 Å². The third-order valence-corrected chi connectivity index (χ3v) is 4.30. The molecule has 0 aromatic heterocycles. The molecule has 0 spiro atoms. The maximum Gasteiger partial charge on any atom is 0.0749 e. The summed E-state index contributed by atoms with van der Waals surface area (Å²) in [5.41, 5.74) is 1.13. The molecule has 18 heavy (non-hydrogen) atoms. The zero-order chi connectivity index (χ0) is 13.2. The van der Waals surface area contributed by atoms with Crippen LogP contribution in [0.15, 0.2) is 29.2 Å². The normalized spacial score (nSPS) is 16.4. The van der Waals surface area contributed by atoms with Gasteiger partial charge in [-0.3, -0.25) is 0 Å². The van der Waals surface area contributed by atoms with Crippen molar-refractivity contribution in [3.05, 3.63) is 24.3 Å². The van der Waals surface area contributed by atoms with Gasteiger partial charge in [-0.05, 0) is 37.1 Å². The summed E-state index contributed by atoms with van der Waals surface area (Å²) in [7, 11) is 2.07. The Morgan fingerprint density at radius 1 is 1.33 bits per heavy atom. The average Bonchev–Trinajstić information content (AvgIpc) is 3.09. The molecule has 1 fully saturated rings. The molecule has 1 aliphatic rings. The summed E-state index contributed by atoms with van der Waals surface area (Å²) in [6, 6.07) is 11.1. The number of anilines is 1. The largest absolute Gasteiger partial charge is 0.373 e. The van der Waals surface area contributed by atoms with Crippen LogP contribution in [0.2, 0.25) is 0 Å². The summed E-state index contributed by atoms with van der Waals surface area (Å²) in [6.45, 7) is 5.25. The third-order valence-electron chi connectivity index (χ3n) is 3.28. The van der Waals surface area contributed by atoms with Crippen LogP contribution in [-0.4, -0.2) is 18.8 Å². The highest BCUT2D eigenvalue weighted by molar-refractivity contribution is 7.99. The summed E-state index contributed by atoms with van der Waals surface area (Å²) >= 11 is 1.88. The maximum atomic E-state index is 9.12. The van der Waals surface area contributed by atoms with E-state index in [0.717, 1.165) is 19.4 Å². The molecule has 2 rings (SSSR count). The zero-order valence-electron chi connectivity index (χ0n) is 11.3. The molecule has 1 saturated carbocycles. The highest BCUT2D eigenvalue weighted by Gasteiger charge is 2.44. The Bertz CT molecular complexity index is 441. The van der Waals surface area contributed by atoms with Crippen LogP contribution in [0, 0.1) is 16.7 Å². The topological polar surface area (TPSA) is 27.0 Å². The second-order valence-electron chi connectivity index (χ2n) is 5.41. The number of rotatable bonds is 5. The zero-order valence-corrected chi connectivity index (χ0v) is 12.1. The van der Waals surface area contributed by atoms with E-state index in [0.29, 0.717) is 5.25 Å². The first-order chi connectivity index (χ1) is 8.54. The molecule has 1 aromatic rings. The van der Waals surface area contributed by atoms with E-state index in [1.165, 1.54) is 10.6 Å². The van der Waals surface area contributed by atoms with Crippen molar-refractivity contribution in [1.29, 1.82) is 5.26 Å². The van der Waals surface area contributed by atoms with E-state index < -0.39 is 0 Å². The van der Waals surface area contributed by atoms with E-state index in [4.69, 9.17) is 5.26 Å². The summed E-state index contributed by atoms with van der Waals surface area (Å²) < 4.78 is 0. The molecule has 0 unspecified atom stereocenters.